The van der Waals surface area contributed by atoms with Crippen molar-refractivity contribution in [3.63, 3.8) is 0 Å². The van der Waals surface area contributed by atoms with E-state index >= 15 is 0 Å². The standard InChI is InChI=1S/C23H30F3NO3S/c1-21(2,3)31(28)27-20(16-11-13-18(14-12-16)23(24,25)26)19-10-8-7-9-17(19)15-22(4,29-5)30-6/h7-14,20,27H,15H2,1-6H3/t20?,31-/m1/s1. The molecule has 1 unspecified atom stereocenters. The predicted molar refractivity (Wildman–Crippen MR) is 117 cm³/mol. The van der Waals surface area contributed by atoms with Crippen molar-refractivity contribution in [2.75, 3.05) is 14.2 Å². The van der Waals surface area contributed by atoms with Crippen LogP contribution in [0.25, 0.3) is 0 Å². The van der Waals surface area contributed by atoms with Gasteiger partial charge < -0.3 is 9.47 Å². The quantitative estimate of drug-likeness (QED) is 0.540. The fraction of sp³-hybridized carbons (Fsp3) is 0.478. The van der Waals surface area contributed by atoms with E-state index in [2.05, 4.69) is 4.72 Å². The highest BCUT2D eigenvalue weighted by Crippen LogP contribution is 2.33. The lowest BCUT2D eigenvalue weighted by atomic mass is 9.91. The van der Waals surface area contributed by atoms with Crippen LogP contribution < -0.4 is 4.72 Å². The molecular weight excluding hydrogens is 427 g/mol. The van der Waals surface area contributed by atoms with Crippen molar-refractivity contribution in [2.45, 2.75) is 56.9 Å². The Labute approximate surface area is 184 Å². The maximum Gasteiger partial charge on any atom is 0.416 e. The van der Waals surface area contributed by atoms with Crippen molar-refractivity contribution in [2.24, 2.45) is 0 Å². The fourth-order valence-corrected chi connectivity index (χ4v) is 3.84. The summed E-state index contributed by atoms with van der Waals surface area (Å²) in [6, 6.07) is 11.8. The highest BCUT2D eigenvalue weighted by atomic mass is 32.2. The Morgan fingerprint density at radius 3 is 1.97 bits per heavy atom. The molecule has 2 rings (SSSR count). The van der Waals surface area contributed by atoms with Crippen molar-refractivity contribution in [3.05, 3.63) is 70.8 Å². The van der Waals surface area contributed by atoms with Gasteiger partial charge in [0, 0.05) is 20.6 Å². The summed E-state index contributed by atoms with van der Waals surface area (Å²) in [5.41, 5.74) is 1.51. The molecular formula is C23H30F3NO3S. The second kappa shape index (κ2) is 9.81. The van der Waals surface area contributed by atoms with Crippen LogP contribution in [-0.2, 0) is 33.1 Å². The van der Waals surface area contributed by atoms with Crippen LogP contribution in [0.2, 0.25) is 0 Å². The van der Waals surface area contributed by atoms with Gasteiger partial charge in [0.1, 0.15) is 0 Å². The molecule has 4 nitrogen and oxygen atoms in total. The molecule has 0 amide bonds. The van der Waals surface area contributed by atoms with Gasteiger partial charge in [0.25, 0.3) is 0 Å². The van der Waals surface area contributed by atoms with E-state index in [9.17, 15) is 17.4 Å². The third-order valence-corrected chi connectivity index (χ3v) is 6.66. The molecule has 0 bridgehead atoms. The third kappa shape index (κ3) is 6.62. The summed E-state index contributed by atoms with van der Waals surface area (Å²) >= 11 is 0. The molecule has 0 fully saturated rings. The molecule has 0 saturated carbocycles. The molecule has 172 valence electrons. The molecule has 0 aliphatic carbocycles. The molecule has 0 spiro atoms. The van der Waals surface area contributed by atoms with Gasteiger partial charge in [-0.2, -0.15) is 13.2 Å². The van der Waals surface area contributed by atoms with E-state index in [1.807, 2.05) is 45.0 Å². The number of nitrogens with one attached hydrogen (secondary N) is 1. The number of benzene rings is 2. The Bertz CT molecular complexity index is 888. The maximum absolute atomic E-state index is 13.0. The molecule has 0 saturated heterocycles. The van der Waals surface area contributed by atoms with E-state index in [1.165, 1.54) is 12.1 Å². The summed E-state index contributed by atoms with van der Waals surface area (Å²) < 4.78 is 65.6. The number of rotatable bonds is 8. The molecule has 1 N–H and O–H groups in total. The van der Waals surface area contributed by atoms with E-state index in [0.29, 0.717) is 12.0 Å². The number of hydrogen-bond donors (Lipinski definition) is 1. The minimum Gasteiger partial charge on any atom is -0.353 e. The van der Waals surface area contributed by atoms with E-state index < -0.39 is 39.3 Å². The zero-order valence-electron chi connectivity index (χ0n) is 18.7. The van der Waals surface area contributed by atoms with Crippen molar-refractivity contribution >= 4 is 11.0 Å². The van der Waals surface area contributed by atoms with Gasteiger partial charge in [-0.25, -0.2) is 8.93 Å². The van der Waals surface area contributed by atoms with Gasteiger partial charge in [0.15, 0.2) is 5.79 Å². The second-order valence-electron chi connectivity index (χ2n) is 8.47. The predicted octanol–water partition coefficient (Wildman–Crippen LogP) is 5.40. The lowest BCUT2D eigenvalue weighted by molar-refractivity contribution is -0.191. The van der Waals surface area contributed by atoms with Crippen LogP contribution in [0.1, 0.15) is 56.0 Å². The van der Waals surface area contributed by atoms with Crippen LogP contribution in [0.3, 0.4) is 0 Å². The first kappa shape index (κ1) is 25.5. The minimum atomic E-state index is -4.42. The first-order valence-corrected chi connectivity index (χ1v) is 11.0. The SMILES string of the molecule is COC(C)(Cc1ccccc1C(N[S@](=O)C(C)(C)C)c1ccc(C(F)(F)F)cc1)OC. The molecule has 2 atom stereocenters. The molecule has 2 aromatic rings. The molecule has 31 heavy (non-hydrogen) atoms. The van der Waals surface area contributed by atoms with Gasteiger partial charge in [-0.05, 0) is 56.5 Å². The lowest BCUT2D eigenvalue weighted by Crippen LogP contribution is -2.37. The number of halogens is 3. The van der Waals surface area contributed by atoms with E-state index in [1.54, 1.807) is 21.1 Å². The summed E-state index contributed by atoms with van der Waals surface area (Å²) in [5, 5.41) is 0. The highest BCUT2D eigenvalue weighted by molar-refractivity contribution is 7.84. The average Bonchev–Trinajstić information content (AvgIpc) is 2.71. The van der Waals surface area contributed by atoms with Gasteiger partial charge in [-0.3, -0.25) is 0 Å². The van der Waals surface area contributed by atoms with E-state index in [-0.39, 0.29) is 0 Å². The largest absolute Gasteiger partial charge is 0.416 e. The van der Waals surface area contributed by atoms with Gasteiger partial charge >= 0.3 is 6.18 Å². The summed E-state index contributed by atoms with van der Waals surface area (Å²) in [4.78, 5) is 0. The summed E-state index contributed by atoms with van der Waals surface area (Å²) in [5.74, 6) is -0.885. The molecule has 0 aromatic heterocycles. The Kier molecular flexibility index (Phi) is 8.08. The lowest BCUT2D eigenvalue weighted by Gasteiger charge is -2.30. The number of alkyl halides is 3. The first-order valence-electron chi connectivity index (χ1n) is 9.84. The summed E-state index contributed by atoms with van der Waals surface area (Å²) in [6.07, 6.45) is -4.02. The Hall–Kier alpha value is -1.74. The molecule has 0 radical (unpaired) electrons. The maximum atomic E-state index is 13.0. The fourth-order valence-electron chi connectivity index (χ4n) is 3.01. The number of ether oxygens (including phenoxy) is 2. The van der Waals surface area contributed by atoms with Crippen LogP contribution in [-0.4, -0.2) is 29.0 Å². The molecule has 2 aromatic carbocycles. The van der Waals surface area contributed by atoms with Crippen LogP contribution >= 0.6 is 0 Å². The first-order chi connectivity index (χ1) is 14.3. The highest BCUT2D eigenvalue weighted by Gasteiger charge is 2.32. The third-order valence-electron chi connectivity index (χ3n) is 5.09. The van der Waals surface area contributed by atoms with Gasteiger partial charge in [-0.1, -0.05) is 36.4 Å². The van der Waals surface area contributed by atoms with Crippen molar-refractivity contribution in [1.82, 2.24) is 4.72 Å². The molecule has 8 heteroatoms. The summed E-state index contributed by atoms with van der Waals surface area (Å²) in [6.45, 7) is 7.30. The van der Waals surface area contributed by atoms with Crippen LogP contribution in [0.15, 0.2) is 48.5 Å². The van der Waals surface area contributed by atoms with Crippen molar-refractivity contribution < 1.29 is 26.9 Å². The number of hydrogen-bond acceptors (Lipinski definition) is 3. The smallest absolute Gasteiger partial charge is 0.353 e. The summed E-state index contributed by atoms with van der Waals surface area (Å²) in [7, 11) is 1.64. The normalized spacial score (nSPS) is 15.0. The zero-order valence-corrected chi connectivity index (χ0v) is 19.5. The Balaban J connectivity index is 2.55. The van der Waals surface area contributed by atoms with Crippen LogP contribution in [0.4, 0.5) is 13.2 Å². The average molecular weight is 458 g/mol. The monoisotopic (exact) mass is 457 g/mol. The molecule has 0 heterocycles. The van der Waals surface area contributed by atoms with Gasteiger partial charge in [0.05, 0.1) is 27.3 Å². The van der Waals surface area contributed by atoms with Crippen molar-refractivity contribution in [3.8, 4) is 0 Å². The minimum absolute atomic E-state index is 0.400. The van der Waals surface area contributed by atoms with Crippen molar-refractivity contribution in [1.29, 1.82) is 0 Å². The van der Waals surface area contributed by atoms with E-state index in [4.69, 9.17) is 9.47 Å². The van der Waals surface area contributed by atoms with Crippen LogP contribution in [0, 0.1) is 0 Å². The Morgan fingerprint density at radius 2 is 1.48 bits per heavy atom. The van der Waals surface area contributed by atoms with Crippen LogP contribution in [0.5, 0.6) is 0 Å². The second-order valence-corrected chi connectivity index (χ2v) is 10.5. The molecule has 0 aliphatic heterocycles. The zero-order chi connectivity index (χ0) is 23.4. The van der Waals surface area contributed by atoms with E-state index in [0.717, 1.165) is 23.3 Å². The Morgan fingerprint density at radius 1 is 0.935 bits per heavy atom. The van der Waals surface area contributed by atoms with Gasteiger partial charge in [-0.15, -0.1) is 0 Å². The molecule has 0 aliphatic rings. The van der Waals surface area contributed by atoms with Gasteiger partial charge in [0.2, 0.25) is 0 Å². The number of methoxy groups -OCH3 is 2. The topological polar surface area (TPSA) is 47.6 Å².